The minimum absolute atomic E-state index is 0.261. The van der Waals surface area contributed by atoms with E-state index in [-0.39, 0.29) is 6.01 Å². The number of nitrogens with zero attached hydrogens (tertiary/aromatic N) is 1. The van der Waals surface area contributed by atoms with E-state index in [1.165, 1.54) is 11.1 Å². The SMILES string of the molecule is Cc1ccccc1CCc1nc(N)oc1C. The van der Waals surface area contributed by atoms with Crippen molar-refractivity contribution in [2.75, 3.05) is 5.73 Å². The van der Waals surface area contributed by atoms with Gasteiger partial charge in [0, 0.05) is 0 Å². The number of rotatable bonds is 3. The molecule has 3 heteroatoms. The quantitative estimate of drug-likeness (QED) is 0.858. The van der Waals surface area contributed by atoms with Crippen LogP contribution in [0.25, 0.3) is 0 Å². The molecule has 16 heavy (non-hydrogen) atoms. The first-order valence-corrected chi connectivity index (χ1v) is 5.43. The molecule has 0 atom stereocenters. The lowest BCUT2D eigenvalue weighted by Gasteiger charge is -2.03. The Bertz CT molecular complexity index is 488. The standard InChI is InChI=1S/C13H16N2O/c1-9-5-3-4-6-11(9)7-8-12-10(2)16-13(14)15-12/h3-6H,7-8H2,1-2H3,(H2,14,15). The number of hydrogen-bond acceptors (Lipinski definition) is 3. The molecule has 1 aromatic heterocycles. The molecule has 0 aliphatic heterocycles. The Morgan fingerprint density at radius 3 is 2.56 bits per heavy atom. The van der Waals surface area contributed by atoms with E-state index in [0.717, 1.165) is 24.3 Å². The van der Waals surface area contributed by atoms with Gasteiger partial charge in [0.15, 0.2) is 0 Å². The van der Waals surface area contributed by atoms with Crippen LogP contribution in [0.2, 0.25) is 0 Å². The van der Waals surface area contributed by atoms with Gasteiger partial charge in [-0.25, -0.2) is 0 Å². The Labute approximate surface area is 95.3 Å². The lowest BCUT2D eigenvalue weighted by atomic mass is 10.0. The second kappa shape index (κ2) is 4.39. The molecule has 0 saturated heterocycles. The van der Waals surface area contributed by atoms with Crippen molar-refractivity contribution in [2.45, 2.75) is 26.7 Å². The minimum atomic E-state index is 0.261. The Balaban J connectivity index is 2.08. The summed E-state index contributed by atoms with van der Waals surface area (Å²) in [5.41, 5.74) is 9.13. The van der Waals surface area contributed by atoms with Crippen molar-refractivity contribution in [3.8, 4) is 0 Å². The highest BCUT2D eigenvalue weighted by molar-refractivity contribution is 5.27. The molecule has 0 fully saturated rings. The number of benzene rings is 1. The Kier molecular flexibility index (Phi) is 2.95. The van der Waals surface area contributed by atoms with Crippen LogP contribution in [-0.2, 0) is 12.8 Å². The summed E-state index contributed by atoms with van der Waals surface area (Å²) in [5.74, 6) is 0.825. The lowest BCUT2D eigenvalue weighted by Crippen LogP contribution is -1.96. The average Bonchev–Trinajstić information content (AvgIpc) is 2.56. The third-order valence-electron chi connectivity index (χ3n) is 2.80. The molecule has 2 rings (SSSR count). The van der Waals surface area contributed by atoms with E-state index in [1.54, 1.807) is 0 Å². The largest absolute Gasteiger partial charge is 0.429 e. The average molecular weight is 216 g/mol. The second-order valence-electron chi connectivity index (χ2n) is 3.98. The smallest absolute Gasteiger partial charge is 0.292 e. The summed E-state index contributed by atoms with van der Waals surface area (Å²) in [6, 6.07) is 8.65. The van der Waals surface area contributed by atoms with Gasteiger partial charge in [-0.3, -0.25) is 0 Å². The predicted molar refractivity (Wildman–Crippen MR) is 64.2 cm³/mol. The first kappa shape index (κ1) is 10.7. The monoisotopic (exact) mass is 216 g/mol. The zero-order valence-electron chi connectivity index (χ0n) is 9.66. The van der Waals surface area contributed by atoms with Crippen LogP contribution in [0.1, 0.15) is 22.6 Å². The number of anilines is 1. The molecule has 84 valence electrons. The zero-order chi connectivity index (χ0) is 11.5. The number of oxazole rings is 1. The third kappa shape index (κ3) is 2.24. The van der Waals surface area contributed by atoms with Crippen molar-refractivity contribution in [1.29, 1.82) is 0 Å². The lowest BCUT2D eigenvalue weighted by molar-refractivity contribution is 0.544. The van der Waals surface area contributed by atoms with Gasteiger partial charge in [-0.1, -0.05) is 24.3 Å². The summed E-state index contributed by atoms with van der Waals surface area (Å²) in [6.45, 7) is 4.02. The molecule has 3 nitrogen and oxygen atoms in total. The van der Waals surface area contributed by atoms with Crippen molar-refractivity contribution in [2.24, 2.45) is 0 Å². The maximum Gasteiger partial charge on any atom is 0.292 e. The molecule has 0 bridgehead atoms. The van der Waals surface area contributed by atoms with E-state index in [4.69, 9.17) is 10.2 Å². The van der Waals surface area contributed by atoms with Crippen LogP contribution < -0.4 is 5.73 Å². The molecular formula is C13H16N2O. The molecule has 0 amide bonds. The number of hydrogen-bond donors (Lipinski definition) is 1. The number of aryl methyl sites for hydroxylation is 4. The van der Waals surface area contributed by atoms with Gasteiger partial charge in [0.2, 0.25) is 0 Å². The van der Waals surface area contributed by atoms with Gasteiger partial charge in [-0.15, -0.1) is 0 Å². The molecule has 0 aliphatic carbocycles. The van der Waals surface area contributed by atoms with Crippen LogP contribution in [0.5, 0.6) is 0 Å². The Hall–Kier alpha value is -1.77. The van der Waals surface area contributed by atoms with Crippen molar-refractivity contribution in [1.82, 2.24) is 4.98 Å². The summed E-state index contributed by atoms with van der Waals surface area (Å²) in [4.78, 5) is 4.17. The van der Waals surface area contributed by atoms with Crippen LogP contribution >= 0.6 is 0 Å². The van der Waals surface area contributed by atoms with Gasteiger partial charge < -0.3 is 10.2 Å². The topological polar surface area (TPSA) is 52.0 Å². The summed E-state index contributed by atoms with van der Waals surface area (Å²) in [5, 5.41) is 0. The van der Waals surface area contributed by atoms with Gasteiger partial charge in [-0.05, 0) is 37.8 Å². The fourth-order valence-corrected chi connectivity index (χ4v) is 1.83. The Morgan fingerprint density at radius 1 is 1.19 bits per heavy atom. The zero-order valence-corrected chi connectivity index (χ0v) is 9.66. The first-order chi connectivity index (χ1) is 7.66. The Morgan fingerprint density at radius 2 is 1.94 bits per heavy atom. The highest BCUT2D eigenvalue weighted by Crippen LogP contribution is 2.15. The van der Waals surface area contributed by atoms with E-state index in [2.05, 4.69) is 36.2 Å². The third-order valence-corrected chi connectivity index (χ3v) is 2.80. The van der Waals surface area contributed by atoms with Crippen LogP contribution in [0.15, 0.2) is 28.7 Å². The van der Waals surface area contributed by atoms with E-state index in [0.29, 0.717) is 0 Å². The van der Waals surface area contributed by atoms with E-state index in [9.17, 15) is 0 Å². The molecule has 0 unspecified atom stereocenters. The molecule has 0 radical (unpaired) electrons. The highest BCUT2D eigenvalue weighted by atomic mass is 16.4. The van der Waals surface area contributed by atoms with Crippen molar-refractivity contribution in [3.63, 3.8) is 0 Å². The van der Waals surface area contributed by atoms with Gasteiger partial charge in [0.1, 0.15) is 5.76 Å². The van der Waals surface area contributed by atoms with E-state index < -0.39 is 0 Å². The van der Waals surface area contributed by atoms with Crippen molar-refractivity contribution in [3.05, 3.63) is 46.8 Å². The van der Waals surface area contributed by atoms with Crippen LogP contribution in [0, 0.1) is 13.8 Å². The van der Waals surface area contributed by atoms with Gasteiger partial charge >= 0.3 is 0 Å². The molecule has 1 aromatic carbocycles. The molecule has 0 aliphatic rings. The summed E-state index contributed by atoms with van der Waals surface area (Å²) >= 11 is 0. The van der Waals surface area contributed by atoms with Crippen LogP contribution in [-0.4, -0.2) is 4.98 Å². The van der Waals surface area contributed by atoms with Gasteiger partial charge in [0.25, 0.3) is 6.01 Å². The highest BCUT2D eigenvalue weighted by Gasteiger charge is 2.07. The number of nitrogens with two attached hydrogens (primary N) is 1. The molecule has 2 aromatic rings. The molecular weight excluding hydrogens is 200 g/mol. The normalized spacial score (nSPS) is 10.6. The fraction of sp³-hybridized carbons (Fsp3) is 0.308. The summed E-state index contributed by atoms with van der Waals surface area (Å²) in [6.07, 6.45) is 1.84. The van der Waals surface area contributed by atoms with Crippen LogP contribution in [0.4, 0.5) is 6.01 Å². The second-order valence-corrected chi connectivity index (χ2v) is 3.98. The van der Waals surface area contributed by atoms with E-state index >= 15 is 0 Å². The van der Waals surface area contributed by atoms with Crippen molar-refractivity contribution >= 4 is 6.01 Å². The maximum absolute atomic E-state index is 5.50. The van der Waals surface area contributed by atoms with Gasteiger partial charge in [-0.2, -0.15) is 4.98 Å². The summed E-state index contributed by atoms with van der Waals surface area (Å²) in [7, 11) is 0. The molecule has 1 heterocycles. The van der Waals surface area contributed by atoms with Gasteiger partial charge in [0.05, 0.1) is 5.69 Å². The number of nitrogen functional groups attached to an aromatic ring is 1. The summed E-state index contributed by atoms with van der Waals surface area (Å²) < 4.78 is 5.20. The fourth-order valence-electron chi connectivity index (χ4n) is 1.83. The predicted octanol–water partition coefficient (Wildman–Crippen LogP) is 2.66. The first-order valence-electron chi connectivity index (χ1n) is 5.43. The maximum atomic E-state index is 5.50. The minimum Gasteiger partial charge on any atom is -0.429 e. The van der Waals surface area contributed by atoms with E-state index in [1.807, 2.05) is 6.92 Å². The molecule has 2 N–H and O–H groups in total. The molecule has 0 saturated carbocycles. The van der Waals surface area contributed by atoms with Crippen molar-refractivity contribution < 1.29 is 4.42 Å². The molecule has 0 spiro atoms. The number of aromatic nitrogens is 1. The van der Waals surface area contributed by atoms with Crippen LogP contribution in [0.3, 0.4) is 0 Å².